The Morgan fingerprint density at radius 1 is 1.67 bits per heavy atom. The van der Waals surface area contributed by atoms with E-state index >= 15 is 0 Å². The van der Waals surface area contributed by atoms with Crippen LogP contribution in [0.3, 0.4) is 0 Å². The molecule has 2 heterocycles. The molecule has 0 aromatic heterocycles. The van der Waals surface area contributed by atoms with Gasteiger partial charge in [-0.2, -0.15) is 0 Å². The number of amidine groups is 1. The molecule has 15 heavy (non-hydrogen) atoms. The first-order valence-electron chi connectivity index (χ1n) is 4.68. The van der Waals surface area contributed by atoms with E-state index in [0.29, 0.717) is 5.17 Å². The predicted octanol–water partition coefficient (Wildman–Crippen LogP) is -0.907. The lowest BCUT2D eigenvalue weighted by atomic mass is 10.0. The summed E-state index contributed by atoms with van der Waals surface area (Å²) < 4.78 is 19.0. The summed E-state index contributed by atoms with van der Waals surface area (Å²) in [6, 6.07) is -0.685. The van der Waals surface area contributed by atoms with Gasteiger partial charge in [0.25, 0.3) is 0 Å². The summed E-state index contributed by atoms with van der Waals surface area (Å²) in [5, 5.41) is 21.8. The van der Waals surface area contributed by atoms with E-state index in [1.807, 2.05) is 0 Å². The molecule has 2 rings (SSSR count). The van der Waals surface area contributed by atoms with Gasteiger partial charge in [-0.25, -0.2) is 4.39 Å². The Morgan fingerprint density at radius 2 is 2.40 bits per heavy atom. The number of nitrogens with zero attached hydrogens (tertiary/aromatic N) is 1. The van der Waals surface area contributed by atoms with Gasteiger partial charge in [0, 0.05) is 7.05 Å². The number of nitrogens with one attached hydrogen (secondary N) is 1. The van der Waals surface area contributed by atoms with Gasteiger partial charge in [-0.3, -0.25) is 4.99 Å². The highest BCUT2D eigenvalue weighted by Gasteiger charge is 2.48. The van der Waals surface area contributed by atoms with E-state index in [1.54, 1.807) is 7.05 Å². The summed E-state index contributed by atoms with van der Waals surface area (Å²) in [7, 11) is 1.69. The molecule has 0 unspecified atom stereocenters. The largest absolute Gasteiger partial charge is 0.394 e. The maximum Gasteiger partial charge on any atom is 0.159 e. The van der Waals surface area contributed by atoms with Crippen LogP contribution >= 0.6 is 11.8 Å². The third kappa shape index (κ3) is 1.84. The molecule has 7 heteroatoms. The number of aliphatic hydroxyl groups is 2. The minimum absolute atomic E-state index is 0.389. The summed E-state index contributed by atoms with van der Waals surface area (Å²) in [5.41, 5.74) is -0.456. The average Bonchev–Trinajstić information content (AvgIpc) is 2.66. The van der Waals surface area contributed by atoms with Gasteiger partial charge in [-0.15, -0.1) is 0 Å². The van der Waals surface area contributed by atoms with E-state index in [4.69, 9.17) is 9.84 Å². The Bertz CT molecular complexity index is 279. The molecule has 1 fully saturated rings. The van der Waals surface area contributed by atoms with Crippen LogP contribution in [-0.2, 0) is 4.74 Å². The van der Waals surface area contributed by atoms with Gasteiger partial charge in [-0.1, -0.05) is 11.8 Å². The molecule has 3 N–H and O–H groups in total. The number of thioether (sulfide) groups is 1. The number of ether oxygens (including phenoxy) is 1. The highest BCUT2D eigenvalue weighted by molar-refractivity contribution is 8.14. The van der Waals surface area contributed by atoms with Crippen molar-refractivity contribution in [3.63, 3.8) is 0 Å². The van der Waals surface area contributed by atoms with E-state index < -0.39 is 29.9 Å². The van der Waals surface area contributed by atoms with Crippen molar-refractivity contribution in [3.8, 4) is 0 Å². The average molecular weight is 236 g/mol. The van der Waals surface area contributed by atoms with Crippen LogP contribution in [0.15, 0.2) is 4.99 Å². The molecule has 5 atom stereocenters. The summed E-state index contributed by atoms with van der Waals surface area (Å²) in [6.07, 6.45) is -3.66. The van der Waals surface area contributed by atoms with Gasteiger partial charge in [0.1, 0.15) is 23.7 Å². The molecular formula is C8H13FN2O3S. The lowest BCUT2D eigenvalue weighted by Crippen LogP contribution is -2.53. The van der Waals surface area contributed by atoms with Gasteiger partial charge < -0.3 is 20.3 Å². The van der Waals surface area contributed by atoms with Crippen LogP contribution in [0.25, 0.3) is 0 Å². The zero-order chi connectivity index (χ0) is 11.0. The van der Waals surface area contributed by atoms with Crippen LogP contribution in [0.2, 0.25) is 0 Å². The van der Waals surface area contributed by atoms with Crippen molar-refractivity contribution in [1.29, 1.82) is 0 Å². The van der Waals surface area contributed by atoms with Crippen LogP contribution in [0.4, 0.5) is 4.39 Å². The summed E-state index contributed by atoms with van der Waals surface area (Å²) in [5.74, 6) is 0. The van der Waals surface area contributed by atoms with Crippen LogP contribution in [0.1, 0.15) is 0 Å². The second-order valence-electron chi connectivity index (χ2n) is 3.45. The highest BCUT2D eigenvalue weighted by atomic mass is 32.2. The van der Waals surface area contributed by atoms with Crippen LogP contribution in [-0.4, -0.2) is 58.9 Å². The van der Waals surface area contributed by atoms with Crippen molar-refractivity contribution >= 4 is 16.9 Å². The smallest absolute Gasteiger partial charge is 0.159 e. The fourth-order valence-corrected chi connectivity index (χ4v) is 2.74. The number of aliphatic imine (C=N–C) groups is 1. The van der Waals surface area contributed by atoms with E-state index in [9.17, 15) is 9.50 Å². The Balaban J connectivity index is 2.12. The normalized spacial score (nSPS) is 44.8. The van der Waals surface area contributed by atoms with Crippen LogP contribution < -0.4 is 5.32 Å². The van der Waals surface area contributed by atoms with Gasteiger partial charge in [0.2, 0.25) is 0 Å². The van der Waals surface area contributed by atoms with Crippen molar-refractivity contribution in [2.75, 3.05) is 13.7 Å². The Hall–Kier alpha value is -0.370. The molecule has 0 aliphatic carbocycles. The number of halogens is 1. The van der Waals surface area contributed by atoms with E-state index in [-0.39, 0.29) is 6.61 Å². The minimum atomic E-state index is -1.49. The third-order valence-corrected chi connectivity index (χ3v) is 3.66. The first-order chi connectivity index (χ1) is 7.17. The van der Waals surface area contributed by atoms with Crippen molar-refractivity contribution in [3.05, 3.63) is 0 Å². The maximum absolute atomic E-state index is 13.7. The molecule has 0 aromatic rings. The van der Waals surface area contributed by atoms with Gasteiger partial charge in [0.05, 0.1) is 6.61 Å². The molecule has 0 radical (unpaired) electrons. The van der Waals surface area contributed by atoms with Crippen LogP contribution in [0.5, 0.6) is 0 Å². The van der Waals surface area contributed by atoms with Gasteiger partial charge >= 0.3 is 0 Å². The quantitative estimate of drug-likeness (QED) is 0.550. The maximum atomic E-state index is 13.7. The fraction of sp³-hybridized carbons (Fsp3) is 0.875. The second-order valence-corrected chi connectivity index (χ2v) is 4.54. The van der Waals surface area contributed by atoms with Crippen molar-refractivity contribution in [2.45, 2.75) is 29.9 Å². The molecule has 1 saturated heterocycles. The molecule has 0 spiro atoms. The second kappa shape index (κ2) is 4.25. The summed E-state index contributed by atoms with van der Waals surface area (Å²) >= 11 is 1.27. The summed E-state index contributed by atoms with van der Waals surface area (Å²) in [4.78, 5) is 4.06. The minimum Gasteiger partial charge on any atom is -0.394 e. The molecule has 2 aliphatic heterocycles. The fourth-order valence-electron chi connectivity index (χ4n) is 1.67. The summed E-state index contributed by atoms with van der Waals surface area (Å²) in [6.45, 7) is -0.389. The molecule has 0 bridgehead atoms. The first kappa shape index (κ1) is 11.1. The monoisotopic (exact) mass is 236 g/mol. The number of hydrogen-bond donors (Lipinski definition) is 3. The predicted molar refractivity (Wildman–Crippen MR) is 54.5 cm³/mol. The van der Waals surface area contributed by atoms with E-state index in [2.05, 4.69) is 10.3 Å². The Morgan fingerprint density at radius 3 is 3.00 bits per heavy atom. The standard InChI is InChI=1S/C8H13FN2O3S/c1-10-8-11-5-4(9)6(13)3(2-12)14-7(5)15-8/h3-7,12-13H,2H2,1H3,(H,10,11)/t3-,4-,5-,6+,7-/m1/s1. The number of rotatable bonds is 1. The molecule has 0 aromatic carbocycles. The molecule has 0 amide bonds. The lowest BCUT2D eigenvalue weighted by Gasteiger charge is -2.36. The lowest BCUT2D eigenvalue weighted by molar-refractivity contribution is -0.144. The van der Waals surface area contributed by atoms with Crippen molar-refractivity contribution < 1.29 is 19.3 Å². The zero-order valence-corrected chi connectivity index (χ0v) is 8.95. The molecule has 86 valence electrons. The van der Waals surface area contributed by atoms with E-state index in [1.165, 1.54) is 11.8 Å². The molecular weight excluding hydrogens is 223 g/mol. The van der Waals surface area contributed by atoms with E-state index in [0.717, 1.165) is 0 Å². The zero-order valence-electron chi connectivity index (χ0n) is 8.13. The molecule has 5 nitrogen and oxygen atoms in total. The number of fused-ring (bicyclic) bond motifs is 1. The molecule has 0 saturated carbocycles. The highest BCUT2D eigenvalue weighted by Crippen LogP contribution is 2.36. The van der Waals surface area contributed by atoms with Crippen molar-refractivity contribution in [2.24, 2.45) is 4.99 Å². The van der Waals surface area contributed by atoms with Crippen molar-refractivity contribution in [1.82, 2.24) is 5.32 Å². The van der Waals surface area contributed by atoms with Gasteiger partial charge in [0.15, 0.2) is 11.3 Å². The number of hydrogen-bond acceptors (Lipinski definition) is 6. The Kier molecular flexibility index (Phi) is 3.15. The van der Waals surface area contributed by atoms with Gasteiger partial charge in [-0.05, 0) is 0 Å². The first-order valence-corrected chi connectivity index (χ1v) is 5.56. The van der Waals surface area contributed by atoms with Crippen LogP contribution in [0, 0.1) is 0 Å². The third-order valence-electron chi connectivity index (χ3n) is 2.51. The topological polar surface area (TPSA) is 74.1 Å². The Labute approximate surface area is 90.7 Å². The number of alkyl halides is 1. The molecule has 2 aliphatic rings. The number of aliphatic hydroxyl groups excluding tert-OH is 2. The SMILES string of the molecule is CNC1=N[C@@H]2[C@@H](F)[C@@H](O)[C@@H](CO)O[C@@H]2S1.